The van der Waals surface area contributed by atoms with Crippen molar-refractivity contribution in [1.82, 2.24) is 29.0 Å². The molecule has 0 radical (unpaired) electrons. The molecule has 56 heavy (non-hydrogen) atoms. The molecule has 310 valence electrons. The van der Waals surface area contributed by atoms with E-state index in [9.17, 15) is 36.0 Å². The summed E-state index contributed by atoms with van der Waals surface area (Å²) < 4.78 is 57.1. The molecule has 2 bridgehead atoms. The minimum Gasteiger partial charge on any atom is -0.340 e. The lowest BCUT2D eigenvalue weighted by Crippen LogP contribution is -2.59. The highest BCUT2D eigenvalue weighted by Crippen LogP contribution is 2.34. The molecule has 4 fully saturated rings. The lowest BCUT2D eigenvalue weighted by Gasteiger charge is -2.46. The molecule has 1 aromatic heterocycles. The van der Waals surface area contributed by atoms with Crippen molar-refractivity contribution in [3.8, 4) is 0 Å². The lowest BCUT2D eigenvalue weighted by atomic mass is 9.84. The average Bonchev–Trinajstić information content (AvgIpc) is 3.58. The number of nitrogens with zero attached hydrogens (tertiary/aromatic N) is 4. The number of thioether (sulfide) groups is 1. The Labute approximate surface area is 348 Å². The lowest BCUT2D eigenvalue weighted by molar-refractivity contribution is -0.148. The fourth-order valence-corrected chi connectivity index (χ4v) is 12.2. The van der Waals surface area contributed by atoms with Crippen LogP contribution in [0.5, 0.6) is 0 Å². The second-order valence-corrected chi connectivity index (χ2v) is 21.2. The first kappa shape index (κ1) is 44.6. The van der Waals surface area contributed by atoms with Crippen LogP contribution in [0.3, 0.4) is 0 Å². The van der Waals surface area contributed by atoms with Gasteiger partial charge in [-0.15, -0.1) is 23.1 Å². The number of nitrogens with one attached hydrogen (secondary N) is 2. The molecule has 5 atom stereocenters. The molecular formula is C36H50Cl2N6O8S4. The summed E-state index contributed by atoms with van der Waals surface area (Å²) in [6, 6.07) is 1.42. The highest BCUT2D eigenvalue weighted by molar-refractivity contribution is 8.05. The first-order chi connectivity index (χ1) is 26.6. The number of hydrogen-bond acceptors (Lipinski definition) is 10. The molecule has 6 rings (SSSR count). The summed E-state index contributed by atoms with van der Waals surface area (Å²) in [5.74, 6) is -1.29. The third-order valence-electron chi connectivity index (χ3n) is 10.1. The summed E-state index contributed by atoms with van der Waals surface area (Å²) in [6.07, 6.45) is 9.00. The van der Waals surface area contributed by atoms with Gasteiger partial charge < -0.3 is 19.6 Å². The van der Waals surface area contributed by atoms with E-state index in [4.69, 9.17) is 23.2 Å². The molecule has 0 spiro atoms. The van der Waals surface area contributed by atoms with Crippen molar-refractivity contribution in [2.75, 3.05) is 52.4 Å². The maximum Gasteiger partial charge on any atom is 0.242 e. The molecule has 5 aliphatic rings. The zero-order chi connectivity index (χ0) is 40.6. The second-order valence-electron chi connectivity index (χ2n) is 14.3. The number of thiophene rings is 1. The molecule has 2 N–H and O–H groups in total. The number of rotatable bonds is 12. The van der Waals surface area contributed by atoms with E-state index >= 15 is 0 Å². The Morgan fingerprint density at radius 1 is 0.804 bits per heavy atom. The van der Waals surface area contributed by atoms with E-state index in [1.54, 1.807) is 28.0 Å². The molecule has 4 saturated heterocycles. The highest BCUT2D eigenvalue weighted by Gasteiger charge is 2.40. The molecule has 0 saturated carbocycles. The fraction of sp³-hybridized carbons (Fsp3) is 0.611. The molecule has 0 aromatic carbocycles. The quantitative estimate of drug-likeness (QED) is 0.315. The first-order valence-electron chi connectivity index (χ1n) is 18.9. The number of likely N-dealkylation sites (tertiary alicyclic amines) is 4. The number of halogens is 2. The maximum atomic E-state index is 13.5. The smallest absolute Gasteiger partial charge is 0.242 e. The van der Waals surface area contributed by atoms with Crippen LogP contribution in [0, 0.1) is 11.8 Å². The minimum atomic E-state index is -3.93. The normalized spacial score (nSPS) is 26.4. The number of carbonyl (C=O) groups is 4. The number of hydrogen-bond donors (Lipinski definition) is 2. The van der Waals surface area contributed by atoms with Gasteiger partial charge in [-0.25, -0.2) is 16.8 Å². The highest BCUT2D eigenvalue weighted by atomic mass is 35.5. The van der Waals surface area contributed by atoms with Crippen LogP contribution in [0.15, 0.2) is 39.5 Å². The summed E-state index contributed by atoms with van der Waals surface area (Å²) >= 11 is 14.6. The maximum absolute atomic E-state index is 13.5. The van der Waals surface area contributed by atoms with Gasteiger partial charge in [-0.3, -0.25) is 19.2 Å². The van der Waals surface area contributed by atoms with Gasteiger partial charge in [-0.1, -0.05) is 49.2 Å². The summed E-state index contributed by atoms with van der Waals surface area (Å²) in [7, 11) is -7.82. The van der Waals surface area contributed by atoms with Crippen LogP contribution in [0.4, 0.5) is 0 Å². The fourth-order valence-electron chi connectivity index (χ4n) is 7.62. The van der Waals surface area contributed by atoms with Crippen LogP contribution in [-0.4, -0.2) is 130 Å². The van der Waals surface area contributed by atoms with Gasteiger partial charge in [-0.05, 0) is 75.0 Å². The van der Waals surface area contributed by atoms with Crippen molar-refractivity contribution in [2.24, 2.45) is 11.8 Å². The predicted molar refractivity (Wildman–Crippen MR) is 221 cm³/mol. The third-order valence-corrected chi connectivity index (χ3v) is 15.1. The Hall–Kier alpha value is -2.45. The Bertz CT molecular complexity index is 1910. The number of piperidine rings is 4. The van der Waals surface area contributed by atoms with Gasteiger partial charge in [-0.2, -0.15) is 9.44 Å². The van der Waals surface area contributed by atoms with Crippen LogP contribution in [-0.2, 0) is 39.2 Å². The van der Waals surface area contributed by atoms with Crippen LogP contribution >= 0.6 is 46.3 Å². The Morgan fingerprint density at radius 3 is 1.80 bits per heavy atom. The van der Waals surface area contributed by atoms with Gasteiger partial charge in [0, 0.05) is 60.2 Å². The molecule has 0 aliphatic carbocycles. The number of allylic oxidation sites excluding steroid dienone is 1. The molecule has 4 amide bonds. The summed E-state index contributed by atoms with van der Waals surface area (Å²) in [5, 5.41) is 2.03. The number of fused-ring (bicyclic) bond motifs is 2. The number of sulfonamides is 2. The van der Waals surface area contributed by atoms with E-state index in [1.807, 2.05) is 19.9 Å². The monoisotopic (exact) mass is 892 g/mol. The standard InChI is InChI=1S/C34H44Cl2N6O8S4.C2H6/c35-29-7-1-4-25(51-29)10-14-53(47,48)37-27-5-2-12-39(33(27)45)21-31(43)41-17-23-16-24(18-41)20-42(19-23)32(44)22-40-13-3-6-28(34(40)46)38-54(49,50)15-11-26-8-9-30(36)52-26;1-2/h7-11,14-15,23-25,27-28,37-38H,1-6,12-13,16-22H2;1-2H3/b14-10+,15-11+;/t23?,24?,25?,27-,28?;/m0./s1. The van der Waals surface area contributed by atoms with Crippen molar-refractivity contribution >= 4 is 96.1 Å². The number of amides is 4. The van der Waals surface area contributed by atoms with Crippen molar-refractivity contribution < 1.29 is 36.0 Å². The molecule has 6 heterocycles. The Kier molecular flexibility index (Phi) is 16.0. The van der Waals surface area contributed by atoms with Gasteiger partial charge in [0.15, 0.2) is 0 Å². The first-order valence-corrected chi connectivity index (χ1v) is 24.5. The Balaban J connectivity index is 0.00000295. The molecule has 5 aliphatic heterocycles. The van der Waals surface area contributed by atoms with Crippen LogP contribution in [0.2, 0.25) is 4.34 Å². The van der Waals surface area contributed by atoms with Gasteiger partial charge >= 0.3 is 0 Å². The van der Waals surface area contributed by atoms with Crippen molar-refractivity contribution in [2.45, 2.75) is 76.1 Å². The van der Waals surface area contributed by atoms with E-state index in [0.717, 1.165) is 30.1 Å². The van der Waals surface area contributed by atoms with Crippen molar-refractivity contribution in [3.63, 3.8) is 0 Å². The van der Waals surface area contributed by atoms with E-state index in [2.05, 4.69) is 9.44 Å². The zero-order valence-corrected chi connectivity index (χ0v) is 36.3. The van der Waals surface area contributed by atoms with E-state index in [-0.39, 0.29) is 42.0 Å². The van der Waals surface area contributed by atoms with Gasteiger partial charge in [0.2, 0.25) is 43.7 Å². The SMILES string of the molecule is CC.O=C(CN1CCCC(NS(=O)(=O)/C=C/c2ccc(Cl)s2)C1=O)N1CC2CC(C1)CN(C(=O)CN1CCC[C@H](NS(=O)(=O)/C=C/C3CCC=C(Cl)S3)C1=O)C2. The predicted octanol–water partition coefficient (Wildman–Crippen LogP) is 4.02. The summed E-state index contributed by atoms with van der Waals surface area (Å²) in [5.41, 5.74) is 0. The summed E-state index contributed by atoms with van der Waals surface area (Å²) in [6.45, 7) is 6.04. The molecular weight excluding hydrogens is 844 g/mol. The van der Waals surface area contributed by atoms with Crippen LogP contribution in [0.25, 0.3) is 6.08 Å². The molecule has 1 aromatic rings. The topological polar surface area (TPSA) is 174 Å². The van der Waals surface area contributed by atoms with E-state index in [0.29, 0.717) is 78.5 Å². The van der Waals surface area contributed by atoms with Crippen LogP contribution in [0.1, 0.15) is 63.7 Å². The average molecular weight is 894 g/mol. The van der Waals surface area contributed by atoms with Gasteiger partial charge in [0.1, 0.15) is 12.1 Å². The minimum absolute atomic E-state index is 0.0168. The summed E-state index contributed by atoms with van der Waals surface area (Å²) in [4.78, 5) is 60.5. The third kappa shape index (κ3) is 12.5. The molecule has 20 heteroatoms. The van der Waals surface area contributed by atoms with E-state index in [1.165, 1.54) is 39.0 Å². The zero-order valence-electron chi connectivity index (χ0n) is 31.5. The van der Waals surface area contributed by atoms with E-state index < -0.39 is 43.9 Å². The van der Waals surface area contributed by atoms with Gasteiger partial charge in [0.05, 0.1) is 21.8 Å². The second kappa shape index (κ2) is 20.0. The van der Waals surface area contributed by atoms with Crippen LogP contribution < -0.4 is 9.44 Å². The van der Waals surface area contributed by atoms with Crippen molar-refractivity contribution in [3.05, 3.63) is 48.7 Å². The molecule has 4 unspecified atom stereocenters. The largest absolute Gasteiger partial charge is 0.340 e. The van der Waals surface area contributed by atoms with Gasteiger partial charge in [0.25, 0.3) is 0 Å². The number of carbonyl (C=O) groups excluding carboxylic acids is 4. The molecule has 14 nitrogen and oxygen atoms in total. The Morgan fingerprint density at radius 2 is 1.32 bits per heavy atom. The van der Waals surface area contributed by atoms with Crippen molar-refractivity contribution in [1.29, 1.82) is 0 Å².